The van der Waals surface area contributed by atoms with Crippen molar-refractivity contribution in [3.05, 3.63) is 35.4 Å². The van der Waals surface area contributed by atoms with Gasteiger partial charge in [-0.1, -0.05) is 37.6 Å². The number of hydrogen-bond donors (Lipinski definition) is 2. The predicted molar refractivity (Wildman–Crippen MR) is 83.4 cm³/mol. The zero-order valence-corrected chi connectivity index (χ0v) is 12.5. The van der Waals surface area contributed by atoms with E-state index in [0.29, 0.717) is 12.1 Å². The Morgan fingerprint density at radius 2 is 2.05 bits per heavy atom. The highest BCUT2D eigenvalue weighted by Crippen LogP contribution is 2.39. The first-order valence-electron chi connectivity index (χ1n) is 7.51. The van der Waals surface area contributed by atoms with Gasteiger partial charge in [0.2, 0.25) is 0 Å². The van der Waals surface area contributed by atoms with Gasteiger partial charge in [0, 0.05) is 23.4 Å². The predicted octanol–water partition coefficient (Wildman–Crippen LogP) is 3.40. The Morgan fingerprint density at radius 1 is 1.26 bits per heavy atom. The number of rotatable bonds is 4. The quantitative estimate of drug-likeness (QED) is 0.885. The van der Waals surface area contributed by atoms with Crippen molar-refractivity contribution >= 4 is 11.8 Å². The summed E-state index contributed by atoms with van der Waals surface area (Å²) in [6, 6.07) is 10.0. The Kier molecular flexibility index (Phi) is 4.15. The minimum atomic E-state index is 0.215. The van der Waals surface area contributed by atoms with Gasteiger partial charge in [0.15, 0.2) is 0 Å². The van der Waals surface area contributed by atoms with Crippen molar-refractivity contribution in [2.45, 2.75) is 56.0 Å². The van der Waals surface area contributed by atoms with Crippen LogP contribution < -0.4 is 11.1 Å². The maximum absolute atomic E-state index is 6.26. The van der Waals surface area contributed by atoms with Crippen LogP contribution in [0.5, 0.6) is 0 Å². The van der Waals surface area contributed by atoms with Crippen LogP contribution in [-0.2, 0) is 0 Å². The first kappa shape index (κ1) is 13.5. The second kappa shape index (κ2) is 5.86. The van der Waals surface area contributed by atoms with Gasteiger partial charge in [-0.3, -0.25) is 0 Å². The summed E-state index contributed by atoms with van der Waals surface area (Å²) in [6.07, 6.45) is 5.12. The van der Waals surface area contributed by atoms with Crippen molar-refractivity contribution in [2.75, 3.05) is 5.75 Å². The zero-order chi connectivity index (χ0) is 13.2. The lowest BCUT2D eigenvalue weighted by Gasteiger charge is -2.25. The molecule has 0 heterocycles. The van der Waals surface area contributed by atoms with Gasteiger partial charge in [0.25, 0.3) is 0 Å². The Labute approximate surface area is 120 Å². The fraction of sp³-hybridized carbons (Fsp3) is 0.625. The molecule has 3 rings (SSSR count). The number of benzene rings is 1. The van der Waals surface area contributed by atoms with E-state index in [2.05, 4.69) is 48.3 Å². The molecule has 1 saturated carbocycles. The fourth-order valence-electron chi connectivity index (χ4n) is 3.62. The van der Waals surface area contributed by atoms with Gasteiger partial charge in [-0.2, -0.15) is 11.8 Å². The van der Waals surface area contributed by atoms with Crippen LogP contribution in [0.2, 0.25) is 0 Å². The van der Waals surface area contributed by atoms with Crippen LogP contribution in [0.15, 0.2) is 24.3 Å². The molecule has 1 aromatic rings. The molecule has 0 saturated heterocycles. The van der Waals surface area contributed by atoms with Crippen LogP contribution in [0.25, 0.3) is 0 Å². The van der Waals surface area contributed by atoms with Crippen molar-refractivity contribution in [3.8, 4) is 0 Å². The van der Waals surface area contributed by atoms with Gasteiger partial charge in [-0.05, 0) is 36.1 Å². The second-order valence-corrected chi connectivity index (χ2v) is 7.24. The first-order valence-corrected chi connectivity index (χ1v) is 8.56. The number of nitrogens with one attached hydrogen (secondary N) is 1. The smallest absolute Gasteiger partial charge is 0.0344 e. The van der Waals surface area contributed by atoms with E-state index in [1.54, 1.807) is 0 Å². The minimum absolute atomic E-state index is 0.215. The molecule has 1 fully saturated rings. The van der Waals surface area contributed by atoms with Crippen LogP contribution in [0, 0.1) is 0 Å². The van der Waals surface area contributed by atoms with E-state index in [4.69, 9.17) is 5.73 Å². The molecule has 3 N–H and O–H groups in total. The number of hydrogen-bond acceptors (Lipinski definition) is 3. The maximum atomic E-state index is 6.26. The number of nitrogens with two attached hydrogens (primary N) is 1. The Morgan fingerprint density at radius 3 is 2.84 bits per heavy atom. The van der Waals surface area contributed by atoms with E-state index in [1.165, 1.54) is 36.1 Å². The SMILES string of the molecule is CCSC1CCCC1NC1CC(N)c2ccccc21. The van der Waals surface area contributed by atoms with Crippen LogP contribution in [-0.4, -0.2) is 17.0 Å². The molecule has 0 aromatic heterocycles. The molecule has 104 valence electrons. The largest absolute Gasteiger partial charge is 0.324 e. The van der Waals surface area contributed by atoms with Gasteiger partial charge >= 0.3 is 0 Å². The fourth-order valence-corrected chi connectivity index (χ4v) is 4.83. The first-order chi connectivity index (χ1) is 9.29. The van der Waals surface area contributed by atoms with E-state index in [-0.39, 0.29) is 6.04 Å². The Bertz CT molecular complexity index is 435. The second-order valence-electron chi connectivity index (χ2n) is 5.72. The molecule has 2 nitrogen and oxygen atoms in total. The van der Waals surface area contributed by atoms with Gasteiger partial charge in [0.1, 0.15) is 0 Å². The van der Waals surface area contributed by atoms with E-state index < -0.39 is 0 Å². The molecular formula is C16H24N2S. The minimum Gasteiger partial charge on any atom is -0.324 e. The topological polar surface area (TPSA) is 38.0 Å². The number of fused-ring (bicyclic) bond motifs is 1. The monoisotopic (exact) mass is 276 g/mol. The van der Waals surface area contributed by atoms with Crippen molar-refractivity contribution in [1.82, 2.24) is 5.32 Å². The van der Waals surface area contributed by atoms with Gasteiger partial charge in [-0.15, -0.1) is 0 Å². The van der Waals surface area contributed by atoms with Crippen molar-refractivity contribution in [1.29, 1.82) is 0 Å². The van der Waals surface area contributed by atoms with Crippen molar-refractivity contribution < 1.29 is 0 Å². The average molecular weight is 276 g/mol. The summed E-state index contributed by atoms with van der Waals surface area (Å²) in [4.78, 5) is 0. The lowest BCUT2D eigenvalue weighted by molar-refractivity contribution is 0.427. The standard InChI is InChI=1S/C16H24N2S/c1-2-19-16-9-5-8-14(16)18-15-10-13(17)11-6-3-4-7-12(11)15/h3-4,6-7,13-16,18H,2,5,8-10,17H2,1H3. The zero-order valence-electron chi connectivity index (χ0n) is 11.6. The molecular weight excluding hydrogens is 252 g/mol. The van der Waals surface area contributed by atoms with E-state index in [1.807, 2.05) is 0 Å². The summed E-state index contributed by atoms with van der Waals surface area (Å²) >= 11 is 2.12. The summed E-state index contributed by atoms with van der Waals surface area (Å²) in [5.74, 6) is 1.23. The molecule has 0 aliphatic heterocycles. The van der Waals surface area contributed by atoms with Gasteiger partial charge in [0.05, 0.1) is 0 Å². The van der Waals surface area contributed by atoms with Crippen LogP contribution >= 0.6 is 11.8 Å². The van der Waals surface area contributed by atoms with E-state index in [0.717, 1.165) is 11.7 Å². The van der Waals surface area contributed by atoms with Crippen molar-refractivity contribution in [2.24, 2.45) is 5.73 Å². The third-order valence-corrected chi connectivity index (χ3v) is 5.83. The lowest BCUT2D eigenvalue weighted by atomic mass is 10.1. The highest BCUT2D eigenvalue weighted by Gasteiger charge is 2.33. The van der Waals surface area contributed by atoms with Crippen molar-refractivity contribution in [3.63, 3.8) is 0 Å². The molecule has 4 atom stereocenters. The Balaban J connectivity index is 1.71. The molecule has 0 amide bonds. The highest BCUT2D eigenvalue weighted by molar-refractivity contribution is 7.99. The molecule has 2 aliphatic rings. The molecule has 0 bridgehead atoms. The molecule has 2 aliphatic carbocycles. The molecule has 0 spiro atoms. The maximum Gasteiger partial charge on any atom is 0.0344 e. The normalized spacial score (nSPS) is 33.6. The highest BCUT2D eigenvalue weighted by atomic mass is 32.2. The summed E-state index contributed by atoms with van der Waals surface area (Å²) in [5, 5.41) is 4.70. The molecule has 3 heteroatoms. The molecule has 0 radical (unpaired) electrons. The number of thioether (sulfide) groups is 1. The Hall–Kier alpha value is -0.510. The van der Waals surface area contributed by atoms with Crippen LogP contribution in [0.1, 0.15) is 55.8 Å². The average Bonchev–Trinajstić information content (AvgIpc) is 2.98. The van der Waals surface area contributed by atoms with Gasteiger partial charge in [-0.25, -0.2) is 0 Å². The molecule has 4 unspecified atom stereocenters. The summed E-state index contributed by atoms with van der Waals surface area (Å²) < 4.78 is 0. The lowest BCUT2D eigenvalue weighted by Crippen LogP contribution is -2.36. The summed E-state index contributed by atoms with van der Waals surface area (Å²) in [6.45, 7) is 2.26. The summed E-state index contributed by atoms with van der Waals surface area (Å²) in [7, 11) is 0. The van der Waals surface area contributed by atoms with Crippen LogP contribution in [0.3, 0.4) is 0 Å². The summed E-state index contributed by atoms with van der Waals surface area (Å²) in [5.41, 5.74) is 9.04. The van der Waals surface area contributed by atoms with Gasteiger partial charge < -0.3 is 11.1 Å². The van der Waals surface area contributed by atoms with Crippen LogP contribution in [0.4, 0.5) is 0 Å². The van der Waals surface area contributed by atoms with E-state index >= 15 is 0 Å². The molecule has 1 aromatic carbocycles. The third-order valence-electron chi connectivity index (χ3n) is 4.51. The van der Waals surface area contributed by atoms with E-state index in [9.17, 15) is 0 Å². The molecule has 19 heavy (non-hydrogen) atoms. The third kappa shape index (κ3) is 2.69.